The van der Waals surface area contributed by atoms with Gasteiger partial charge in [-0.2, -0.15) is 5.10 Å². The number of aromatic nitrogens is 3. The van der Waals surface area contributed by atoms with Gasteiger partial charge in [0.2, 0.25) is 0 Å². The van der Waals surface area contributed by atoms with Crippen molar-refractivity contribution >= 4 is 16.7 Å². The van der Waals surface area contributed by atoms with E-state index in [1.54, 1.807) is 12.1 Å². The first-order chi connectivity index (χ1) is 12.7. The Bertz CT molecular complexity index is 1130. The fourth-order valence-electron chi connectivity index (χ4n) is 2.77. The van der Waals surface area contributed by atoms with Gasteiger partial charge in [-0.15, -0.1) is 9.90 Å². The molecule has 0 unspecified atom stereocenters. The first kappa shape index (κ1) is 16.0. The van der Waals surface area contributed by atoms with Crippen LogP contribution in [0.25, 0.3) is 27.9 Å². The minimum Gasteiger partial charge on any atom is -0.421 e. The molecule has 0 aliphatic heterocycles. The molecule has 2 heterocycles. The Balaban J connectivity index is 1.81. The number of benzene rings is 2. The number of nitrogens with one attached hydrogen (secondary N) is 1. The molecule has 4 rings (SSSR count). The molecular weight excluding hydrogens is 332 g/mol. The number of nitrogens with zero attached hydrogens (tertiary/aromatic N) is 3. The van der Waals surface area contributed by atoms with E-state index in [-0.39, 0.29) is 5.69 Å². The van der Waals surface area contributed by atoms with Gasteiger partial charge >= 0.3 is 5.63 Å². The van der Waals surface area contributed by atoms with Crippen LogP contribution in [0.1, 0.15) is 5.69 Å². The average molecular weight is 348 g/mol. The first-order valence-corrected chi connectivity index (χ1v) is 8.02. The van der Waals surface area contributed by atoms with Gasteiger partial charge in [0, 0.05) is 17.0 Å². The van der Waals surface area contributed by atoms with Gasteiger partial charge in [0.15, 0.2) is 5.69 Å². The molecule has 0 amide bonds. The molecule has 0 aliphatic rings. The van der Waals surface area contributed by atoms with Crippen LogP contribution < -0.4 is 11.1 Å². The van der Waals surface area contributed by atoms with Crippen LogP contribution >= 0.6 is 0 Å². The van der Waals surface area contributed by atoms with Crippen LogP contribution in [-0.4, -0.2) is 22.1 Å². The Kier molecular flexibility index (Phi) is 3.98. The quantitative estimate of drug-likeness (QED) is 0.450. The monoisotopic (exact) mass is 348 g/mol. The molecule has 0 fully saturated rings. The summed E-state index contributed by atoms with van der Waals surface area (Å²) < 4.78 is 5.44. The predicted octanol–water partition coefficient (Wildman–Crippen LogP) is 3.32. The highest BCUT2D eigenvalue weighted by Crippen LogP contribution is 2.22. The molecule has 7 heteroatoms. The zero-order valence-electron chi connectivity index (χ0n) is 14.3. The maximum atomic E-state index is 12.4. The van der Waals surface area contributed by atoms with Gasteiger partial charge in [0.1, 0.15) is 11.3 Å². The Morgan fingerprint density at radius 1 is 1.08 bits per heavy atom. The lowest BCUT2D eigenvalue weighted by molar-refractivity contribution is 0.271. The van der Waals surface area contributed by atoms with E-state index in [0.29, 0.717) is 11.3 Å². The molecule has 0 spiro atoms. The topological polar surface area (TPSA) is 82.2 Å². The predicted molar refractivity (Wildman–Crippen MR) is 98.2 cm³/mol. The summed E-state index contributed by atoms with van der Waals surface area (Å²) in [5, 5.41) is 9.62. The van der Waals surface area contributed by atoms with Crippen LogP contribution in [0.4, 0.5) is 5.69 Å². The van der Waals surface area contributed by atoms with E-state index >= 15 is 0 Å². The molecule has 0 aliphatic carbocycles. The van der Waals surface area contributed by atoms with Crippen molar-refractivity contribution in [2.24, 2.45) is 0 Å². The number of aryl methyl sites for hydroxylation is 1. The summed E-state index contributed by atoms with van der Waals surface area (Å²) in [6.07, 6.45) is 0. The summed E-state index contributed by atoms with van der Waals surface area (Å²) >= 11 is 0. The van der Waals surface area contributed by atoms with Crippen molar-refractivity contribution in [1.82, 2.24) is 15.0 Å². The number of hydrogen-bond donors (Lipinski definition) is 1. The van der Waals surface area contributed by atoms with E-state index in [0.717, 1.165) is 22.3 Å². The number of fused-ring (bicyclic) bond motifs is 1. The summed E-state index contributed by atoms with van der Waals surface area (Å²) in [5.74, 6) is 0. The van der Waals surface area contributed by atoms with Crippen molar-refractivity contribution in [3.05, 3.63) is 70.7 Å². The van der Waals surface area contributed by atoms with Gasteiger partial charge in [0.25, 0.3) is 0 Å². The zero-order chi connectivity index (χ0) is 18.1. The summed E-state index contributed by atoms with van der Waals surface area (Å²) in [5.41, 5.74) is 5.99. The average Bonchev–Trinajstić information content (AvgIpc) is 3.03. The second kappa shape index (κ2) is 6.45. The van der Waals surface area contributed by atoms with E-state index in [1.165, 1.54) is 11.9 Å². The number of hydrogen-bond acceptors (Lipinski definition) is 6. The lowest BCUT2D eigenvalue weighted by atomic mass is 10.1. The summed E-state index contributed by atoms with van der Waals surface area (Å²) in [4.78, 5) is 18.6. The van der Waals surface area contributed by atoms with E-state index < -0.39 is 5.63 Å². The van der Waals surface area contributed by atoms with Gasteiger partial charge in [-0.1, -0.05) is 30.3 Å². The van der Waals surface area contributed by atoms with Crippen molar-refractivity contribution in [2.45, 2.75) is 6.92 Å². The highest BCUT2D eigenvalue weighted by atomic mass is 16.6. The molecule has 2 aromatic heterocycles. The van der Waals surface area contributed by atoms with Crippen LogP contribution in [-0.2, 0) is 4.84 Å². The van der Waals surface area contributed by atoms with E-state index in [9.17, 15) is 4.79 Å². The van der Waals surface area contributed by atoms with Crippen molar-refractivity contribution in [3.63, 3.8) is 0 Å². The standard InChI is InChI=1S/C19H16N4O3/c1-12-18(13-6-4-3-5-7-13)21-23(20-12)16-10-14-8-9-15(22-25-2)11-17(14)26-19(16)24/h3-11,22H,1-2H3. The van der Waals surface area contributed by atoms with Gasteiger partial charge in [-0.05, 0) is 25.1 Å². The van der Waals surface area contributed by atoms with Crippen molar-refractivity contribution in [1.29, 1.82) is 0 Å². The summed E-state index contributed by atoms with van der Waals surface area (Å²) in [6.45, 7) is 1.86. The summed E-state index contributed by atoms with van der Waals surface area (Å²) in [6, 6.07) is 16.8. The molecule has 0 bridgehead atoms. The smallest absolute Gasteiger partial charge is 0.364 e. The van der Waals surface area contributed by atoms with Crippen molar-refractivity contribution in [3.8, 4) is 16.9 Å². The van der Waals surface area contributed by atoms with Crippen molar-refractivity contribution < 1.29 is 9.25 Å². The van der Waals surface area contributed by atoms with Gasteiger partial charge in [0.05, 0.1) is 18.5 Å². The fraction of sp³-hybridized carbons (Fsp3) is 0.105. The molecule has 0 saturated carbocycles. The van der Waals surface area contributed by atoms with Gasteiger partial charge < -0.3 is 4.42 Å². The number of rotatable bonds is 4. The van der Waals surface area contributed by atoms with Crippen molar-refractivity contribution in [2.75, 3.05) is 12.6 Å². The summed E-state index contributed by atoms with van der Waals surface area (Å²) in [7, 11) is 1.51. The van der Waals surface area contributed by atoms with E-state index in [2.05, 4.69) is 15.7 Å². The van der Waals surface area contributed by atoms with Crippen LogP contribution in [0.3, 0.4) is 0 Å². The molecule has 7 nitrogen and oxygen atoms in total. The molecule has 2 aromatic carbocycles. The minimum absolute atomic E-state index is 0.259. The third-order valence-corrected chi connectivity index (χ3v) is 3.98. The van der Waals surface area contributed by atoms with Crippen LogP contribution in [0, 0.1) is 6.92 Å². The molecular formula is C19H16N4O3. The number of anilines is 1. The van der Waals surface area contributed by atoms with Crippen LogP contribution in [0.2, 0.25) is 0 Å². The molecule has 0 saturated heterocycles. The van der Waals surface area contributed by atoms with Gasteiger partial charge in [-0.3, -0.25) is 10.3 Å². The lowest BCUT2D eigenvalue weighted by Crippen LogP contribution is -2.12. The first-order valence-electron chi connectivity index (χ1n) is 8.02. The molecule has 130 valence electrons. The highest BCUT2D eigenvalue weighted by molar-refractivity contribution is 5.81. The van der Waals surface area contributed by atoms with Crippen LogP contribution in [0.5, 0.6) is 0 Å². The zero-order valence-corrected chi connectivity index (χ0v) is 14.3. The molecule has 26 heavy (non-hydrogen) atoms. The van der Waals surface area contributed by atoms with E-state index in [4.69, 9.17) is 9.25 Å². The molecule has 0 atom stereocenters. The van der Waals surface area contributed by atoms with Crippen LogP contribution in [0.15, 0.2) is 63.8 Å². The maximum Gasteiger partial charge on any atom is 0.364 e. The lowest BCUT2D eigenvalue weighted by Gasteiger charge is -2.05. The second-order valence-corrected chi connectivity index (χ2v) is 5.77. The normalized spacial score (nSPS) is 11.0. The Morgan fingerprint density at radius 2 is 1.88 bits per heavy atom. The molecule has 0 radical (unpaired) electrons. The largest absolute Gasteiger partial charge is 0.421 e. The Morgan fingerprint density at radius 3 is 2.65 bits per heavy atom. The molecule has 1 N–H and O–H groups in total. The SMILES string of the molecule is CONc1ccc2cc(-n3nc(C)c(-c4ccccc4)n3)c(=O)oc2c1. The highest BCUT2D eigenvalue weighted by Gasteiger charge is 2.14. The maximum absolute atomic E-state index is 12.4. The fourth-order valence-corrected chi connectivity index (χ4v) is 2.77. The third kappa shape index (κ3) is 2.84. The Labute approximate surface area is 148 Å². The molecule has 4 aromatic rings. The van der Waals surface area contributed by atoms with Gasteiger partial charge in [-0.25, -0.2) is 4.79 Å². The second-order valence-electron chi connectivity index (χ2n) is 5.77. The Hall–Kier alpha value is -3.45. The third-order valence-electron chi connectivity index (χ3n) is 3.98. The van der Waals surface area contributed by atoms with E-state index in [1.807, 2.05) is 49.4 Å². The minimum atomic E-state index is -0.512.